The van der Waals surface area contributed by atoms with Crippen LogP contribution in [0.4, 0.5) is 8.78 Å². The highest BCUT2D eigenvalue weighted by Gasteiger charge is 2.11. The van der Waals surface area contributed by atoms with Crippen LogP contribution in [-0.2, 0) is 6.61 Å². The van der Waals surface area contributed by atoms with Crippen molar-refractivity contribution in [2.75, 3.05) is 6.54 Å². The summed E-state index contributed by atoms with van der Waals surface area (Å²) in [5.41, 5.74) is 1.60. The average Bonchev–Trinajstić information content (AvgIpc) is 3.14. The van der Waals surface area contributed by atoms with Crippen LogP contribution in [0, 0.1) is 11.6 Å². The molecule has 0 spiro atoms. The number of carbonyl (C=O) groups is 1. The van der Waals surface area contributed by atoms with Crippen LogP contribution in [0.25, 0.3) is 10.6 Å². The van der Waals surface area contributed by atoms with Crippen LogP contribution >= 0.6 is 11.3 Å². The standard InChI is InChI=1S/C20H16F2N2O2S/c1-2-7-23-19(25)18-12-27-20(24-18)14-3-5-17(6-4-14)26-11-13-8-15(21)10-16(22)9-13/h2-6,8-10,12H,1,7,11H2,(H,23,25). The number of ether oxygens (including phenoxy) is 1. The van der Waals surface area contributed by atoms with Gasteiger partial charge in [-0.05, 0) is 42.0 Å². The molecule has 138 valence electrons. The van der Waals surface area contributed by atoms with Gasteiger partial charge in [-0.15, -0.1) is 17.9 Å². The van der Waals surface area contributed by atoms with E-state index >= 15 is 0 Å². The van der Waals surface area contributed by atoms with E-state index in [9.17, 15) is 13.6 Å². The van der Waals surface area contributed by atoms with E-state index < -0.39 is 11.6 Å². The van der Waals surface area contributed by atoms with E-state index in [0.717, 1.165) is 11.6 Å². The molecule has 1 heterocycles. The molecule has 0 aliphatic heterocycles. The van der Waals surface area contributed by atoms with E-state index in [1.165, 1.54) is 23.5 Å². The molecule has 2 aromatic carbocycles. The van der Waals surface area contributed by atoms with Crippen LogP contribution in [-0.4, -0.2) is 17.4 Å². The van der Waals surface area contributed by atoms with E-state index in [4.69, 9.17) is 4.74 Å². The van der Waals surface area contributed by atoms with Gasteiger partial charge < -0.3 is 10.1 Å². The van der Waals surface area contributed by atoms with E-state index in [-0.39, 0.29) is 12.5 Å². The second kappa shape index (κ2) is 8.55. The van der Waals surface area contributed by atoms with Gasteiger partial charge in [-0.1, -0.05) is 6.08 Å². The van der Waals surface area contributed by atoms with Crippen molar-refractivity contribution < 1.29 is 18.3 Å². The van der Waals surface area contributed by atoms with Crippen molar-refractivity contribution in [2.45, 2.75) is 6.61 Å². The Hall–Kier alpha value is -3.06. The van der Waals surface area contributed by atoms with Crippen molar-refractivity contribution in [1.29, 1.82) is 0 Å². The van der Waals surface area contributed by atoms with E-state index in [0.29, 0.717) is 28.6 Å². The maximum atomic E-state index is 13.2. The number of aromatic nitrogens is 1. The summed E-state index contributed by atoms with van der Waals surface area (Å²) in [4.78, 5) is 16.2. The Morgan fingerprint density at radius 2 is 1.89 bits per heavy atom. The molecular weight excluding hydrogens is 370 g/mol. The van der Waals surface area contributed by atoms with Gasteiger partial charge in [0, 0.05) is 23.6 Å². The number of carbonyl (C=O) groups excluding carboxylic acids is 1. The number of hydrogen-bond acceptors (Lipinski definition) is 4. The number of thiazole rings is 1. The zero-order valence-corrected chi connectivity index (χ0v) is 15.1. The van der Waals surface area contributed by atoms with Gasteiger partial charge in [-0.2, -0.15) is 0 Å². The molecule has 27 heavy (non-hydrogen) atoms. The normalized spacial score (nSPS) is 10.4. The molecule has 0 unspecified atom stereocenters. The molecule has 0 fully saturated rings. The Bertz CT molecular complexity index is 935. The van der Waals surface area contributed by atoms with Gasteiger partial charge in [0.05, 0.1) is 0 Å². The molecule has 0 atom stereocenters. The molecule has 1 aromatic heterocycles. The van der Waals surface area contributed by atoms with Crippen molar-refractivity contribution in [3.63, 3.8) is 0 Å². The summed E-state index contributed by atoms with van der Waals surface area (Å²) in [5.74, 6) is -0.968. The number of hydrogen-bond donors (Lipinski definition) is 1. The van der Waals surface area contributed by atoms with Gasteiger partial charge in [0.15, 0.2) is 0 Å². The average molecular weight is 386 g/mol. The molecule has 0 bridgehead atoms. The third kappa shape index (κ3) is 4.98. The van der Waals surface area contributed by atoms with E-state index in [1.54, 1.807) is 23.6 Å². The Morgan fingerprint density at radius 3 is 2.56 bits per heavy atom. The molecule has 4 nitrogen and oxygen atoms in total. The third-order valence-electron chi connectivity index (χ3n) is 3.57. The monoisotopic (exact) mass is 386 g/mol. The smallest absolute Gasteiger partial charge is 0.271 e. The molecule has 1 N–H and O–H groups in total. The quantitative estimate of drug-likeness (QED) is 0.605. The minimum absolute atomic E-state index is 0.0545. The topological polar surface area (TPSA) is 51.2 Å². The highest BCUT2D eigenvalue weighted by Crippen LogP contribution is 2.26. The highest BCUT2D eigenvalue weighted by molar-refractivity contribution is 7.13. The summed E-state index contributed by atoms with van der Waals surface area (Å²) < 4.78 is 31.9. The molecule has 0 radical (unpaired) electrons. The van der Waals surface area contributed by atoms with Gasteiger partial charge in [0.2, 0.25) is 0 Å². The fraction of sp³-hybridized carbons (Fsp3) is 0.100. The van der Waals surface area contributed by atoms with Gasteiger partial charge in [-0.3, -0.25) is 4.79 Å². The second-order valence-electron chi connectivity index (χ2n) is 5.63. The van der Waals surface area contributed by atoms with Gasteiger partial charge in [0.25, 0.3) is 5.91 Å². The summed E-state index contributed by atoms with van der Waals surface area (Å²) >= 11 is 1.36. The molecule has 7 heteroatoms. The first-order valence-electron chi connectivity index (χ1n) is 8.08. The lowest BCUT2D eigenvalue weighted by Gasteiger charge is -2.07. The van der Waals surface area contributed by atoms with Crippen LogP contribution in [0.3, 0.4) is 0 Å². The molecule has 0 aliphatic carbocycles. The number of nitrogens with zero attached hydrogens (tertiary/aromatic N) is 1. The van der Waals surface area contributed by atoms with E-state index in [1.807, 2.05) is 12.1 Å². The summed E-state index contributed by atoms with van der Waals surface area (Å²) in [6, 6.07) is 10.4. The SMILES string of the molecule is C=CCNC(=O)c1csc(-c2ccc(OCc3cc(F)cc(F)c3)cc2)n1. The summed E-state index contributed by atoms with van der Waals surface area (Å²) in [5, 5.41) is 5.07. The van der Waals surface area contributed by atoms with Gasteiger partial charge in [-0.25, -0.2) is 13.8 Å². The first-order chi connectivity index (χ1) is 13.0. The number of nitrogens with one attached hydrogen (secondary N) is 1. The maximum Gasteiger partial charge on any atom is 0.271 e. The lowest BCUT2D eigenvalue weighted by atomic mass is 10.2. The van der Waals surface area contributed by atoms with Crippen molar-refractivity contribution in [2.24, 2.45) is 0 Å². The number of halogens is 2. The zero-order valence-electron chi connectivity index (χ0n) is 14.2. The molecule has 0 saturated carbocycles. The molecule has 3 aromatic rings. The largest absolute Gasteiger partial charge is 0.489 e. The van der Waals surface area contributed by atoms with Crippen molar-refractivity contribution >= 4 is 17.2 Å². The molecule has 1 amide bonds. The third-order valence-corrected chi connectivity index (χ3v) is 4.46. The predicted octanol–water partition coefficient (Wildman–Crippen LogP) is 4.58. The Balaban J connectivity index is 1.64. The Morgan fingerprint density at radius 1 is 1.19 bits per heavy atom. The Kier molecular flexibility index (Phi) is 5.93. The van der Waals surface area contributed by atoms with Crippen molar-refractivity contribution in [3.8, 4) is 16.3 Å². The maximum absolute atomic E-state index is 13.2. The van der Waals surface area contributed by atoms with Gasteiger partial charge in [0.1, 0.15) is 34.7 Å². The predicted molar refractivity (Wildman–Crippen MR) is 101 cm³/mol. The lowest BCUT2D eigenvalue weighted by Crippen LogP contribution is -2.23. The van der Waals surface area contributed by atoms with Crippen LogP contribution in [0.5, 0.6) is 5.75 Å². The zero-order chi connectivity index (χ0) is 19.2. The Labute approximate surface area is 159 Å². The van der Waals surface area contributed by atoms with Crippen LogP contribution in [0.2, 0.25) is 0 Å². The van der Waals surface area contributed by atoms with Gasteiger partial charge >= 0.3 is 0 Å². The molecular formula is C20H16F2N2O2S. The first-order valence-corrected chi connectivity index (χ1v) is 8.96. The summed E-state index contributed by atoms with van der Waals surface area (Å²) in [6.07, 6.45) is 1.60. The number of rotatable bonds is 7. The highest BCUT2D eigenvalue weighted by atomic mass is 32.1. The van der Waals surface area contributed by atoms with Crippen LogP contribution in [0.15, 0.2) is 60.5 Å². The molecule has 3 rings (SSSR count). The van der Waals surface area contributed by atoms with Crippen molar-refractivity contribution in [1.82, 2.24) is 10.3 Å². The lowest BCUT2D eigenvalue weighted by molar-refractivity contribution is 0.0954. The first kappa shape index (κ1) is 18.7. The molecule has 0 saturated heterocycles. The second-order valence-corrected chi connectivity index (χ2v) is 6.49. The van der Waals surface area contributed by atoms with Crippen LogP contribution in [0.1, 0.15) is 16.1 Å². The molecule has 0 aliphatic rings. The summed E-state index contributed by atoms with van der Waals surface area (Å²) in [7, 11) is 0. The number of benzene rings is 2. The number of amides is 1. The minimum atomic E-state index is -0.638. The minimum Gasteiger partial charge on any atom is -0.489 e. The fourth-order valence-corrected chi connectivity index (χ4v) is 3.13. The fourth-order valence-electron chi connectivity index (χ4n) is 2.32. The van der Waals surface area contributed by atoms with Crippen molar-refractivity contribution in [3.05, 3.63) is 83.4 Å². The van der Waals surface area contributed by atoms with E-state index in [2.05, 4.69) is 16.9 Å². The van der Waals surface area contributed by atoms with Crippen LogP contribution < -0.4 is 10.1 Å². The summed E-state index contributed by atoms with van der Waals surface area (Å²) in [6.45, 7) is 3.99.